The van der Waals surface area contributed by atoms with Crippen molar-refractivity contribution >= 4 is 5.97 Å². The minimum Gasteiger partial charge on any atom is -0.459 e. The van der Waals surface area contributed by atoms with Crippen LogP contribution in [-0.2, 0) is 19.0 Å². The molecule has 0 aliphatic carbocycles. The van der Waals surface area contributed by atoms with E-state index in [1.54, 1.807) is 21.0 Å². The Bertz CT molecular complexity index is 626. The molecule has 8 nitrogen and oxygen atoms in total. The van der Waals surface area contributed by atoms with Crippen molar-refractivity contribution in [3.8, 4) is 0 Å². The third-order valence-corrected chi connectivity index (χ3v) is 7.78. The van der Waals surface area contributed by atoms with Gasteiger partial charge in [0.15, 0.2) is 0 Å². The minimum atomic E-state index is -1.63. The number of ether oxygens (including phenoxy) is 3. The summed E-state index contributed by atoms with van der Waals surface area (Å²) >= 11 is 0. The zero-order valence-electron chi connectivity index (χ0n) is 23.1. The highest BCUT2D eigenvalue weighted by Gasteiger charge is 2.47. The van der Waals surface area contributed by atoms with E-state index in [0.717, 1.165) is 13.0 Å². The van der Waals surface area contributed by atoms with Crippen molar-refractivity contribution in [1.29, 1.82) is 0 Å². The Morgan fingerprint density at radius 1 is 1.09 bits per heavy atom. The molecule has 1 heterocycles. The SMILES string of the molecule is CCCN1CC(C)C(O)C(C)(O)C(CC)OC(=O)C(C)C(OC)C(C)C(OC)C(C)(O)CC1C. The average molecular weight is 490 g/mol. The molecule has 0 aromatic rings. The van der Waals surface area contributed by atoms with Crippen LogP contribution in [0.25, 0.3) is 0 Å². The molecule has 0 bridgehead atoms. The number of aliphatic hydroxyl groups excluding tert-OH is 1. The van der Waals surface area contributed by atoms with Crippen LogP contribution in [0.3, 0.4) is 0 Å². The summed E-state index contributed by atoms with van der Waals surface area (Å²) in [6.45, 7) is 16.1. The van der Waals surface area contributed by atoms with Gasteiger partial charge in [-0.2, -0.15) is 0 Å². The first-order valence-corrected chi connectivity index (χ1v) is 12.8. The smallest absolute Gasteiger partial charge is 0.311 e. The zero-order chi connectivity index (χ0) is 26.4. The van der Waals surface area contributed by atoms with Gasteiger partial charge < -0.3 is 34.4 Å². The summed E-state index contributed by atoms with van der Waals surface area (Å²) in [5.74, 6) is -1.81. The van der Waals surface area contributed by atoms with Gasteiger partial charge in [-0.25, -0.2) is 0 Å². The van der Waals surface area contributed by atoms with E-state index >= 15 is 0 Å². The Morgan fingerprint density at radius 2 is 1.68 bits per heavy atom. The summed E-state index contributed by atoms with van der Waals surface area (Å²) in [6, 6.07) is -0.0113. The monoisotopic (exact) mass is 489 g/mol. The van der Waals surface area contributed by atoms with Crippen LogP contribution in [-0.4, -0.2) is 95.2 Å². The maximum Gasteiger partial charge on any atom is 0.311 e. The maximum atomic E-state index is 13.2. The van der Waals surface area contributed by atoms with Crippen LogP contribution in [0.15, 0.2) is 0 Å². The number of nitrogens with zero attached hydrogens (tertiary/aromatic N) is 1. The average Bonchev–Trinajstić information content (AvgIpc) is 2.75. The Morgan fingerprint density at radius 3 is 2.15 bits per heavy atom. The molecule has 3 N–H and O–H groups in total. The fraction of sp³-hybridized carbons (Fsp3) is 0.962. The molecule has 1 aliphatic heterocycles. The number of hydrogen-bond donors (Lipinski definition) is 3. The first-order valence-electron chi connectivity index (χ1n) is 12.8. The fourth-order valence-corrected chi connectivity index (χ4v) is 5.94. The Labute approximate surface area is 207 Å². The molecule has 0 aromatic heterocycles. The molecule has 0 aromatic carbocycles. The van der Waals surface area contributed by atoms with Crippen LogP contribution in [0.1, 0.15) is 74.7 Å². The molecule has 1 aliphatic rings. The molecule has 8 heteroatoms. The second-order valence-corrected chi connectivity index (χ2v) is 10.9. The van der Waals surface area contributed by atoms with Gasteiger partial charge >= 0.3 is 5.97 Å². The molecule has 1 fully saturated rings. The molecule has 1 rings (SSSR count). The second-order valence-electron chi connectivity index (χ2n) is 10.9. The molecule has 34 heavy (non-hydrogen) atoms. The third kappa shape index (κ3) is 7.14. The molecule has 202 valence electrons. The number of carbonyl (C=O) groups excluding carboxylic acids is 1. The second kappa shape index (κ2) is 13.0. The normalized spacial score (nSPS) is 44.2. The summed E-state index contributed by atoms with van der Waals surface area (Å²) in [7, 11) is 3.10. The van der Waals surface area contributed by atoms with Crippen molar-refractivity contribution in [3.05, 3.63) is 0 Å². The number of hydrogen-bond acceptors (Lipinski definition) is 8. The number of cyclic esters (lactones) is 1. The van der Waals surface area contributed by atoms with Crippen molar-refractivity contribution in [1.82, 2.24) is 4.90 Å². The van der Waals surface area contributed by atoms with Crippen molar-refractivity contribution in [2.75, 3.05) is 27.3 Å². The highest BCUT2D eigenvalue weighted by atomic mass is 16.6. The molecule has 0 radical (unpaired) electrons. The predicted molar refractivity (Wildman–Crippen MR) is 132 cm³/mol. The third-order valence-electron chi connectivity index (χ3n) is 7.78. The van der Waals surface area contributed by atoms with E-state index in [1.807, 2.05) is 20.8 Å². The number of carbonyl (C=O) groups is 1. The molecule has 0 saturated carbocycles. The molecule has 10 atom stereocenters. The lowest BCUT2D eigenvalue weighted by atomic mass is 9.79. The van der Waals surface area contributed by atoms with Gasteiger partial charge in [0.2, 0.25) is 0 Å². The summed E-state index contributed by atoms with van der Waals surface area (Å²) in [4.78, 5) is 15.4. The van der Waals surface area contributed by atoms with Crippen molar-refractivity contribution in [2.24, 2.45) is 17.8 Å². The topological polar surface area (TPSA) is 109 Å². The molecule has 0 spiro atoms. The van der Waals surface area contributed by atoms with Crippen molar-refractivity contribution < 1.29 is 34.3 Å². The minimum absolute atomic E-state index is 0.0113. The van der Waals surface area contributed by atoms with Crippen LogP contribution in [0, 0.1) is 17.8 Å². The van der Waals surface area contributed by atoms with Gasteiger partial charge in [-0.3, -0.25) is 4.79 Å². The summed E-state index contributed by atoms with van der Waals surface area (Å²) in [5.41, 5.74) is -2.82. The zero-order valence-corrected chi connectivity index (χ0v) is 23.1. The fourth-order valence-electron chi connectivity index (χ4n) is 5.94. The summed E-state index contributed by atoms with van der Waals surface area (Å²) in [6.07, 6.45) is -1.46. The summed E-state index contributed by atoms with van der Waals surface area (Å²) < 4.78 is 17.3. The highest BCUT2D eigenvalue weighted by Crippen LogP contribution is 2.34. The van der Waals surface area contributed by atoms with Gasteiger partial charge in [0.1, 0.15) is 11.7 Å². The quantitative estimate of drug-likeness (QED) is 0.506. The molecular formula is C26H51NO7. The summed E-state index contributed by atoms with van der Waals surface area (Å²) in [5, 5.41) is 34.0. The van der Waals surface area contributed by atoms with Crippen molar-refractivity contribution in [2.45, 2.75) is 116 Å². The standard InChI is InChI=1S/C26H51NO7/c1-11-13-27-15-16(3)22(28)26(8,31)20(12-2)34-24(29)19(6)21(32-9)18(5)23(33-10)25(7,30)14-17(27)4/h16-23,28,30-31H,11-15H2,1-10H3. The van der Waals surface area contributed by atoms with Crippen molar-refractivity contribution in [3.63, 3.8) is 0 Å². The van der Waals surface area contributed by atoms with Gasteiger partial charge in [-0.15, -0.1) is 0 Å². The van der Waals surface area contributed by atoms with E-state index < -0.39 is 47.5 Å². The van der Waals surface area contributed by atoms with E-state index in [4.69, 9.17) is 14.2 Å². The van der Waals surface area contributed by atoms with E-state index in [9.17, 15) is 20.1 Å². The molecule has 10 unspecified atom stereocenters. The van der Waals surface area contributed by atoms with Crippen LogP contribution < -0.4 is 0 Å². The van der Waals surface area contributed by atoms with Gasteiger partial charge in [-0.05, 0) is 59.4 Å². The highest BCUT2D eigenvalue weighted by molar-refractivity contribution is 5.73. The van der Waals surface area contributed by atoms with E-state index in [2.05, 4.69) is 18.7 Å². The number of esters is 1. The van der Waals surface area contributed by atoms with Crippen LogP contribution >= 0.6 is 0 Å². The Balaban J connectivity index is 3.55. The number of methoxy groups -OCH3 is 2. The van der Waals surface area contributed by atoms with E-state index in [0.29, 0.717) is 19.4 Å². The first-order chi connectivity index (χ1) is 15.7. The Kier molecular flexibility index (Phi) is 11.9. The van der Waals surface area contributed by atoms with E-state index in [-0.39, 0.29) is 17.9 Å². The number of rotatable bonds is 5. The van der Waals surface area contributed by atoms with Crippen LogP contribution in [0.5, 0.6) is 0 Å². The van der Waals surface area contributed by atoms with E-state index in [1.165, 1.54) is 14.0 Å². The largest absolute Gasteiger partial charge is 0.459 e. The predicted octanol–water partition coefficient (Wildman–Crippen LogP) is 2.61. The Hall–Kier alpha value is -0.770. The lowest BCUT2D eigenvalue weighted by Gasteiger charge is -2.43. The van der Waals surface area contributed by atoms with Gasteiger partial charge in [0.05, 0.1) is 29.8 Å². The first kappa shape index (κ1) is 31.3. The molecule has 0 amide bonds. The lowest BCUT2D eigenvalue weighted by molar-refractivity contribution is -0.194. The molecule has 1 saturated heterocycles. The van der Waals surface area contributed by atoms with Crippen LogP contribution in [0.2, 0.25) is 0 Å². The molecular weight excluding hydrogens is 438 g/mol. The van der Waals surface area contributed by atoms with Crippen LogP contribution in [0.4, 0.5) is 0 Å². The number of aliphatic hydroxyl groups is 3. The van der Waals surface area contributed by atoms with Gasteiger partial charge in [0.25, 0.3) is 0 Å². The lowest BCUT2D eigenvalue weighted by Crippen LogP contribution is -2.56. The van der Waals surface area contributed by atoms with Gasteiger partial charge in [-0.1, -0.05) is 27.7 Å². The van der Waals surface area contributed by atoms with Gasteiger partial charge in [0, 0.05) is 32.7 Å². The maximum absolute atomic E-state index is 13.2.